The molecule has 21 heavy (non-hydrogen) atoms. The third-order valence-electron chi connectivity index (χ3n) is 3.28. The molecule has 2 aromatic rings. The second-order valence-corrected chi connectivity index (χ2v) is 7.05. The molecule has 1 aromatic heterocycles. The Bertz CT molecular complexity index is 670. The Hall–Kier alpha value is -1.17. The largest absolute Gasteiger partial charge is 0.296 e. The number of hydrogen-bond acceptors (Lipinski definition) is 4. The van der Waals surface area contributed by atoms with Crippen molar-refractivity contribution in [3.8, 4) is 0 Å². The minimum Gasteiger partial charge on any atom is -0.296 e. The summed E-state index contributed by atoms with van der Waals surface area (Å²) in [4.78, 5) is 12.2. The van der Waals surface area contributed by atoms with E-state index in [0.29, 0.717) is 20.7 Å². The van der Waals surface area contributed by atoms with Crippen molar-refractivity contribution in [3.63, 3.8) is 0 Å². The zero-order chi connectivity index (χ0) is 15.6. The second-order valence-electron chi connectivity index (χ2n) is 5.23. The third-order valence-corrected chi connectivity index (χ3v) is 5.05. The molecule has 1 heterocycles. The summed E-state index contributed by atoms with van der Waals surface area (Å²) in [5.41, 5.74) is 0.254. The smallest absolute Gasteiger partial charge is 0.259 e. The van der Waals surface area contributed by atoms with Crippen molar-refractivity contribution in [2.24, 2.45) is 0 Å². The highest BCUT2D eigenvalue weighted by molar-refractivity contribution is 7.15. The van der Waals surface area contributed by atoms with Crippen LogP contribution < -0.4 is 5.32 Å². The fourth-order valence-corrected chi connectivity index (χ4v) is 2.82. The van der Waals surface area contributed by atoms with Crippen LogP contribution in [0.15, 0.2) is 18.2 Å². The first-order valence-corrected chi connectivity index (χ1v) is 8.01. The minimum atomic E-state index is -0.348. The number of carbonyl (C=O) groups excluding carboxylic acids is 1. The van der Waals surface area contributed by atoms with Crippen LogP contribution in [0.1, 0.15) is 42.6 Å². The van der Waals surface area contributed by atoms with E-state index < -0.39 is 0 Å². The molecule has 0 unspecified atom stereocenters. The molecule has 0 saturated carbocycles. The third kappa shape index (κ3) is 3.73. The highest BCUT2D eigenvalue weighted by Crippen LogP contribution is 2.31. The van der Waals surface area contributed by atoms with Crippen LogP contribution in [0.2, 0.25) is 10.0 Å². The van der Waals surface area contributed by atoms with Crippen molar-refractivity contribution >= 4 is 45.6 Å². The van der Waals surface area contributed by atoms with Gasteiger partial charge >= 0.3 is 0 Å². The Kier molecular flexibility index (Phi) is 4.86. The standard InChI is InChI=1S/C14H15Cl2N3OS/c1-4-14(2,3)12-18-19-13(21-12)17-11(20)9-7-8(15)5-6-10(9)16/h5-7H,4H2,1-3H3,(H,17,19,20). The minimum absolute atomic E-state index is 0.0612. The van der Waals surface area contributed by atoms with E-state index >= 15 is 0 Å². The summed E-state index contributed by atoms with van der Waals surface area (Å²) in [6.07, 6.45) is 0.940. The van der Waals surface area contributed by atoms with Crippen LogP contribution in [0.25, 0.3) is 0 Å². The molecule has 1 aromatic carbocycles. The van der Waals surface area contributed by atoms with Crippen molar-refractivity contribution in [3.05, 3.63) is 38.8 Å². The van der Waals surface area contributed by atoms with Crippen LogP contribution in [-0.4, -0.2) is 16.1 Å². The Labute approximate surface area is 137 Å². The number of rotatable bonds is 4. The normalized spacial score (nSPS) is 11.5. The van der Waals surface area contributed by atoms with E-state index in [1.54, 1.807) is 12.1 Å². The summed E-state index contributed by atoms with van der Waals surface area (Å²) >= 11 is 13.3. The van der Waals surface area contributed by atoms with E-state index in [4.69, 9.17) is 23.2 Å². The average molecular weight is 344 g/mol. The molecule has 1 amide bonds. The van der Waals surface area contributed by atoms with Crippen LogP contribution in [0.3, 0.4) is 0 Å². The van der Waals surface area contributed by atoms with Crippen molar-refractivity contribution in [1.82, 2.24) is 10.2 Å². The van der Waals surface area contributed by atoms with Gasteiger partial charge in [-0.3, -0.25) is 10.1 Å². The maximum absolute atomic E-state index is 12.2. The zero-order valence-electron chi connectivity index (χ0n) is 11.9. The predicted octanol–water partition coefficient (Wildman–Crippen LogP) is 4.78. The summed E-state index contributed by atoms with van der Waals surface area (Å²) < 4.78 is 0. The molecule has 0 saturated heterocycles. The van der Waals surface area contributed by atoms with E-state index in [2.05, 4.69) is 36.3 Å². The van der Waals surface area contributed by atoms with Crippen molar-refractivity contribution in [2.75, 3.05) is 5.32 Å². The number of aromatic nitrogens is 2. The van der Waals surface area contributed by atoms with Gasteiger partial charge in [0.1, 0.15) is 5.01 Å². The van der Waals surface area contributed by atoms with Crippen molar-refractivity contribution < 1.29 is 4.79 Å². The SMILES string of the molecule is CCC(C)(C)c1nnc(NC(=O)c2cc(Cl)ccc2Cl)s1. The number of anilines is 1. The highest BCUT2D eigenvalue weighted by atomic mass is 35.5. The lowest BCUT2D eigenvalue weighted by Gasteiger charge is -2.17. The van der Waals surface area contributed by atoms with Crippen molar-refractivity contribution in [2.45, 2.75) is 32.6 Å². The van der Waals surface area contributed by atoms with E-state index in [9.17, 15) is 4.79 Å². The lowest BCUT2D eigenvalue weighted by Crippen LogP contribution is -2.14. The van der Waals surface area contributed by atoms with Crippen LogP contribution in [0, 0.1) is 0 Å². The number of hydrogen-bond donors (Lipinski definition) is 1. The molecule has 0 aliphatic heterocycles. The van der Waals surface area contributed by atoms with E-state index in [1.165, 1.54) is 17.4 Å². The van der Waals surface area contributed by atoms with E-state index in [-0.39, 0.29) is 11.3 Å². The highest BCUT2D eigenvalue weighted by Gasteiger charge is 2.24. The number of benzene rings is 1. The Morgan fingerprint density at radius 3 is 2.71 bits per heavy atom. The molecule has 0 bridgehead atoms. The first-order chi connectivity index (χ1) is 9.83. The Morgan fingerprint density at radius 1 is 1.33 bits per heavy atom. The second kappa shape index (κ2) is 6.30. The van der Waals surface area contributed by atoms with Gasteiger partial charge in [-0.15, -0.1) is 10.2 Å². The molecular formula is C14H15Cl2N3OS. The molecule has 1 N–H and O–H groups in total. The molecule has 2 rings (SSSR count). The maximum atomic E-state index is 12.2. The predicted molar refractivity (Wildman–Crippen MR) is 87.6 cm³/mol. The zero-order valence-corrected chi connectivity index (χ0v) is 14.2. The number of nitrogens with one attached hydrogen (secondary N) is 1. The summed E-state index contributed by atoms with van der Waals surface area (Å²) in [6.45, 7) is 6.27. The molecular weight excluding hydrogens is 329 g/mol. The Balaban J connectivity index is 2.19. The summed E-state index contributed by atoms with van der Waals surface area (Å²) in [7, 11) is 0. The summed E-state index contributed by atoms with van der Waals surface area (Å²) in [5, 5.41) is 13.0. The van der Waals surface area contributed by atoms with Crippen LogP contribution >= 0.6 is 34.5 Å². The molecule has 112 valence electrons. The number of carbonyl (C=O) groups is 1. The average Bonchev–Trinajstić information content (AvgIpc) is 2.90. The van der Waals surface area contributed by atoms with Gasteiger partial charge in [0, 0.05) is 10.4 Å². The van der Waals surface area contributed by atoms with E-state index in [0.717, 1.165) is 11.4 Å². The molecule has 0 radical (unpaired) electrons. The molecule has 0 atom stereocenters. The van der Waals surface area contributed by atoms with Crippen LogP contribution in [-0.2, 0) is 5.41 Å². The monoisotopic (exact) mass is 343 g/mol. The summed E-state index contributed by atoms with van der Waals surface area (Å²) in [5.74, 6) is -0.348. The first-order valence-electron chi connectivity index (χ1n) is 6.44. The molecule has 0 aliphatic rings. The van der Waals surface area contributed by atoms with Crippen LogP contribution in [0.4, 0.5) is 5.13 Å². The van der Waals surface area contributed by atoms with Gasteiger partial charge in [0.15, 0.2) is 0 Å². The lowest BCUT2D eigenvalue weighted by molar-refractivity contribution is 0.102. The quantitative estimate of drug-likeness (QED) is 0.868. The van der Waals surface area contributed by atoms with Gasteiger partial charge < -0.3 is 0 Å². The van der Waals surface area contributed by atoms with Gasteiger partial charge in [-0.25, -0.2) is 0 Å². The fraction of sp³-hybridized carbons (Fsp3) is 0.357. The number of halogens is 2. The molecule has 4 nitrogen and oxygen atoms in total. The first kappa shape index (κ1) is 16.2. The molecule has 0 aliphatic carbocycles. The Morgan fingerprint density at radius 2 is 2.05 bits per heavy atom. The van der Waals surface area contributed by atoms with Gasteiger partial charge in [-0.1, -0.05) is 55.3 Å². The van der Waals surface area contributed by atoms with Crippen molar-refractivity contribution in [1.29, 1.82) is 0 Å². The summed E-state index contributed by atoms with van der Waals surface area (Å²) in [6, 6.07) is 4.75. The van der Waals surface area contributed by atoms with Gasteiger partial charge in [0.2, 0.25) is 5.13 Å². The van der Waals surface area contributed by atoms with Gasteiger partial charge in [-0.2, -0.15) is 0 Å². The molecule has 0 spiro atoms. The van der Waals surface area contributed by atoms with Gasteiger partial charge in [-0.05, 0) is 24.6 Å². The van der Waals surface area contributed by atoms with Crippen LogP contribution in [0.5, 0.6) is 0 Å². The van der Waals surface area contributed by atoms with Gasteiger partial charge in [0.05, 0.1) is 10.6 Å². The maximum Gasteiger partial charge on any atom is 0.259 e. The van der Waals surface area contributed by atoms with Gasteiger partial charge in [0.25, 0.3) is 5.91 Å². The topological polar surface area (TPSA) is 54.9 Å². The molecule has 0 fully saturated rings. The number of amides is 1. The van der Waals surface area contributed by atoms with E-state index in [1.807, 2.05) is 0 Å². The fourth-order valence-electron chi connectivity index (χ4n) is 1.53. The molecule has 7 heteroatoms. The lowest BCUT2D eigenvalue weighted by atomic mass is 9.91. The number of nitrogens with zero attached hydrogens (tertiary/aromatic N) is 2.